The first kappa shape index (κ1) is 13.4. The van der Waals surface area contributed by atoms with Crippen LogP contribution in [0.3, 0.4) is 0 Å². The van der Waals surface area contributed by atoms with E-state index in [1.54, 1.807) is 0 Å². The number of benzene rings is 2. The van der Waals surface area contributed by atoms with Gasteiger partial charge in [0.15, 0.2) is 0 Å². The van der Waals surface area contributed by atoms with Crippen LogP contribution in [-0.4, -0.2) is 0 Å². The zero-order chi connectivity index (χ0) is 13.0. The Morgan fingerprint density at radius 2 is 1.94 bits per heavy atom. The van der Waals surface area contributed by atoms with Crippen LogP contribution >= 0.6 is 27.5 Å². The summed E-state index contributed by atoms with van der Waals surface area (Å²) in [5.41, 5.74) is 2.23. The Morgan fingerprint density at radius 1 is 1.17 bits per heavy atom. The third kappa shape index (κ3) is 3.06. The molecule has 0 aromatic heterocycles. The highest BCUT2D eigenvalue weighted by Crippen LogP contribution is 2.32. The quantitative estimate of drug-likeness (QED) is 0.666. The molecule has 0 saturated heterocycles. The van der Waals surface area contributed by atoms with Crippen molar-refractivity contribution in [2.75, 3.05) is 0 Å². The van der Waals surface area contributed by atoms with Crippen molar-refractivity contribution in [1.29, 1.82) is 0 Å². The highest BCUT2D eigenvalue weighted by Gasteiger charge is 2.08. The molecule has 94 valence electrons. The van der Waals surface area contributed by atoms with Gasteiger partial charge in [-0.15, -0.1) is 0 Å². The van der Waals surface area contributed by atoms with Crippen molar-refractivity contribution in [3.63, 3.8) is 0 Å². The second-order valence-electron chi connectivity index (χ2n) is 3.95. The van der Waals surface area contributed by atoms with Gasteiger partial charge in [0.25, 0.3) is 0 Å². The second kappa shape index (κ2) is 6.26. The lowest BCUT2D eigenvalue weighted by Gasteiger charge is -2.11. The Hall–Kier alpha value is -0.990. The predicted molar refractivity (Wildman–Crippen MR) is 80.0 cm³/mol. The molecule has 1 nitrogen and oxygen atoms in total. The molecule has 0 bridgehead atoms. The molecule has 0 heterocycles. The van der Waals surface area contributed by atoms with Crippen molar-refractivity contribution in [1.82, 2.24) is 0 Å². The molecule has 3 heteroatoms. The molecule has 2 aromatic rings. The fourth-order valence-corrected chi connectivity index (χ4v) is 2.69. The number of halogens is 2. The van der Waals surface area contributed by atoms with Crippen molar-refractivity contribution >= 4 is 27.5 Å². The first-order chi connectivity index (χ1) is 8.74. The van der Waals surface area contributed by atoms with E-state index in [0.717, 1.165) is 28.5 Å². The van der Waals surface area contributed by atoms with Crippen LogP contribution in [0.2, 0.25) is 5.02 Å². The number of hydrogen-bond acceptors (Lipinski definition) is 1. The average molecular weight is 326 g/mol. The third-order valence-electron chi connectivity index (χ3n) is 2.74. The van der Waals surface area contributed by atoms with E-state index in [0.29, 0.717) is 5.33 Å². The Morgan fingerprint density at radius 3 is 2.67 bits per heavy atom. The number of aryl methyl sites for hydroxylation is 1. The van der Waals surface area contributed by atoms with Gasteiger partial charge in [0.2, 0.25) is 0 Å². The molecule has 0 aliphatic carbocycles. The maximum atomic E-state index is 6.14. The molecule has 0 aliphatic heterocycles. The molecular weight excluding hydrogens is 312 g/mol. The van der Waals surface area contributed by atoms with Crippen molar-refractivity contribution < 1.29 is 4.74 Å². The van der Waals surface area contributed by atoms with Gasteiger partial charge in [-0.25, -0.2) is 0 Å². The van der Waals surface area contributed by atoms with Crippen LogP contribution in [0.15, 0.2) is 42.5 Å². The molecule has 0 radical (unpaired) electrons. The summed E-state index contributed by atoms with van der Waals surface area (Å²) in [5.74, 6) is 1.64. The van der Waals surface area contributed by atoms with Crippen molar-refractivity contribution in [2.24, 2.45) is 0 Å². The van der Waals surface area contributed by atoms with Gasteiger partial charge in [0.05, 0.1) is 0 Å². The Bertz CT molecular complexity index is 540. The summed E-state index contributed by atoms with van der Waals surface area (Å²) in [6, 6.07) is 13.8. The van der Waals surface area contributed by atoms with Gasteiger partial charge < -0.3 is 4.74 Å². The second-order valence-corrected chi connectivity index (χ2v) is 4.92. The van der Waals surface area contributed by atoms with Crippen LogP contribution in [0.5, 0.6) is 11.5 Å². The van der Waals surface area contributed by atoms with Crippen LogP contribution < -0.4 is 4.74 Å². The number of rotatable bonds is 4. The van der Waals surface area contributed by atoms with Gasteiger partial charge in [-0.3, -0.25) is 0 Å². The minimum absolute atomic E-state index is 0.676. The monoisotopic (exact) mass is 324 g/mol. The first-order valence-corrected chi connectivity index (χ1v) is 7.34. The summed E-state index contributed by atoms with van der Waals surface area (Å²) < 4.78 is 5.91. The predicted octanol–water partition coefficient (Wildman–Crippen LogP) is 5.59. The fraction of sp³-hybridized carbons (Fsp3) is 0.200. The molecule has 2 rings (SSSR count). The molecule has 18 heavy (non-hydrogen) atoms. The van der Waals surface area contributed by atoms with Crippen molar-refractivity contribution in [2.45, 2.75) is 18.7 Å². The van der Waals surface area contributed by atoms with Gasteiger partial charge in [0.1, 0.15) is 11.5 Å². The van der Waals surface area contributed by atoms with E-state index in [1.165, 1.54) is 5.56 Å². The number of ether oxygens (including phenoxy) is 1. The van der Waals surface area contributed by atoms with Gasteiger partial charge in [-0.2, -0.15) is 0 Å². The maximum absolute atomic E-state index is 6.14. The Labute approximate surface area is 121 Å². The zero-order valence-corrected chi connectivity index (χ0v) is 12.5. The lowest BCUT2D eigenvalue weighted by molar-refractivity contribution is 0.478. The van der Waals surface area contributed by atoms with Gasteiger partial charge in [0, 0.05) is 15.9 Å². The van der Waals surface area contributed by atoms with Gasteiger partial charge in [-0.05, 0) is 36.2 Å². The van der Waals surface area contributed by atoms with Crippen LogP contribution in [0.1, 0.15) is 18.1 Å². The summed E-state index contributed by atoms with van der Waals surface area (Å²) in [6.45, 7) is 2.13. The maximum Gasteiger partial charge on any atom is 0.132 e. The standard InChI is InChI=1S/C15H14BrClO/c1-2-11-5-3-6-12(9-11)18-15-8-4-7-14(17)13(15)10-16/h3-9H,2,10H2,1H3. The van der Waals surface area contributed by atoms with E-state index < -0.39 is 0 Å². The highest BCUT2D eigenvalue weighted by molar-refractivity contribution is 9.08. The Kier molecular flexibility index (Phi) is 4.67. The summed E-state index contributed by atoms with van der Waals surface area (Å²) >= 11 is 9.58. The van der Waals surface area contributed by atoms with Crippen LogP contribution in [-0.2, 0) is 11.8 Å². The Balaban J connectivity index is 2.30. The molecule has 0 N–H and O–H groups in total. The number of alkyl halides is 1. The lowest BCUT2D eigenvalue weighted by Crippen LogP contribution is -1.91. The van der Waals surface area contributed by atoms with Crippen LogP contribution in [0.25, 0.3) is 0 Å². The van der Waals surface area contributed by atoms with E-state index in [2.05, 4.69) is 35.0 Å². The summed E-state index contributed by atoms with van der Waals surface area (Å²) in [7, 11) is 0. The molecule has 0 atom stereocenters. The average Bonchev–Trinajstić information content (AvgIpc) is 2.39. The number of hydrogen-bond donors (Lipinski definition) is 0. The zero-order valence-electron chi connectivity index (χ0n) is 10.1. The molecule has 0 fully saturated rings. The normalized spacial score (nSPS) is 10.4. The summed E-state index contributed by atoms with van der Waals surface area (Å²) in [5, 5.41) is 1.39. The summed E-state index contributed by atoms with van der Waals surface area (Å²) in [6.07, 6.45) is 0.998. The topological polar surface area (TPSA) is 9.23 Å². The molecule has 0 amide bonds. The smallest absolute Gasteiger partial charge is 0.132 e. The van der Waals surface area contributed by atoms with Gasteiger partial charge in [-0.1, -0.05) is 52.7 Å². The summed E-state index contributed by atoms with van der Waals surface area (Å²) in [4.78, 5) is 0. The molecule has 0 unspecified atom stereocenters. The molecule has 0 spiro atoms. The third-order valence-corrected chi connectivity index (χ3v) is 3.66. The SMILES string of the molecule is CCc1cccc(Oc2cccc(Cl)c2CBr)c1. The van der Waals surface area contributed by atoms with Crippen LogP contribution in [0, 0.1) is 0 Å². The largest absolute Gasteiger partial charge is 0.457 e. The fourth-order valence-electron chi connectivity index (χ4n) is 1.72. The molecule has 0 saturated carbocycles. The molecule has 2 aromatic carbocycles. The van der Waals surface area contributed by atoms with E-state index in [1.807, 2.05) is 30.3 Å². The van der Waals surface area contributed by atoms with E-state index in [4.69, 9.17) is 16.3 Å². The van der Waals surface area contributed by atoms with Crippen LogP contribution in [0.4, 0.5) is 0 Å². The van der Waals surface area contributed by atoms with Crippen molar-refractivity contribution in [3.05, 3.63) is 58.6 Å². The highest BCUT2D eigenvalue weighted by atomic mass is 79.9. The van der Waals surface area contributed by atoms with E-state index >= 15 is 0 Å². The molecule has 0 aliphatic rings. The minimum Gasteiger partial charge on any atom is -0.457 e. The minimum atomic E-state index is 0.676. The first-order valence-electron chi connectivity index (χ1n) is 5.84. The molecular formula is C15H14BrClO. The van der Waals surface area contributed by atoms with E-state index in [9.17, 15) is 0 Å². The lowest BCUT2D eigenvalue weighted by atomic mass is 10.1. The van der Waals surface area contributed by atoms with E-state index in [-0.39, 0.29) is 0 Å². The van der Waals surface area contributed by atoms with Gasteiger partial charge >= 0.3 is 0 Å². The van der Waals surface area contributed by atoms with Crippen molar-refractivity contribution in [3.8, 4) is 11.5 Å².